The molecule has 1 aromatic carbocycles. The Balaban J connectivity index is 1.88. The highest BCUT2D eigenvalue weighted by molar-refractivity contribution is 5.77. The summed E-state index contributed by atoms with van der Waals surface area (Å²) in [6, 6.07) is 10.2. The van der Waals surface area contributed by atoms with Gasteiger partial charge in [0, 0.05) is 25.1 Å². The molecule has 0 saturated heterocycles. The van der Waals surface area contributed by atoms with Crippen LogP contribution in [-0.2, 0) is 13.5 Å². The molecule has 1 unspecified atom stereocenters. The smallest absolute Gasteiger partial charge is 0.134 e. The van der Waals surface area contributed by atoms with Gasteiger partial charge in [0.2, 0.25) is 0 Å². The fourth-order valence-corrected chi connectivity index (χ4v) is 2.22. The Morgan fingerprint density at radius 2 is 2.21 bits per heavy atom. The number of nitrogens with zero attached hydrogens (tertiary/aromatic N) is 3. The zero-order valence-electron chi connectivity index (χ0n) is 11.0. The molecule has 0 spiro atoms. The number of aromatic nitrogens is 3. The van der Waals surface area contributed by atoms with Gasteiger partial charge >= 0.3 is 0 Å². The third kappa shape index (κ3) is 2.37. The third-order valence-corrected chi connectivity index (χ3v) is 3.20. The number of benzene rings is 1. The van der Waals surface area contributed by atoms with Crippen molar-refractivity contribution in [3.8, 4) is 0 Å². The molecule has 19 heavy (non-hydrogen) atoms. The van der Waals surface area contributed by atoms with Crippen LogP contribution < -0.4 is 5.32 Å². The van der Waals surface area contributed by atoms with E-state index in [2.05, 4.69) is 27.8 Å². The predicted octanol–water partition coefficient (Wildman–Crippen LogP) is 2.06. The van der Waals surface area contributed by atoms with Gasteiger partial charge in [-0.2, -0.15) is 0 Å². The van der Waals surface area contributed by atoms with Gasteiger partial charge in [-0.3, -0.25) is 4.68 Å². The van der Waals surface area contributed by atoms with Gasteiger partial charge in [0.25, 0.3) is 0 Å². The van der Waals surface area contributed by atoms with Gasteiger partial charge in [0.1, 0.15) is 11.3 Å². The number of hydrogen-bond donors (Lipinski definition) is 1. The van der Waals surface area contributed by atoms with Gasteiger partial charge in [0.05, 0.1) is 11.7 Å². The van der Waals surface area contributed by atoms with E-state index in [1.165, 1.54) is 0 Å². The molecule has 5 heteroatoms. The van der Waals surface area contributed by atoms with Crippen molar-refractivity contribution in [3.63, 3.8) is 0 Å². The molecule has 2 aromatic heterocycles. The van der Waals surface area contributed by atoms with Gasteiger partial charge in [-0.1, -0.05) is 23.4 Å². The number of furan rings is 1. The number of likely N-dealkylation sites (N-methyl/N-ethyl adjacent to an activating group) is 1. The lowest BCUT2D eigenvalue weighted by Crippen LogP contribution is -2.18. The molecule has 5 nitrogen and oxygen atoms in total. The van der Waals surface area contributed by atoms with Crippen molar-refractivity contribution in [3.05, 3.63) is 48.0 Å². The van der Waals surface area contributed by atoms with E-state index in [4.69, 9.17) is 4.42 Å². The molecular weight excluding hydrogens is 240 g/mol. The van der Waals surface area contributed by atoms with E-state index in [0.717, 1.165) is 28.8 Å². The van der Waals surface area contributed by atoms with E-state index >= 15 is 0 Å². The fraction of sp³-hybridized carbons (Fsp3) is 0.286. The molecule has 3 rings (SSSR count). The van der Waals surface area contributed by atoms with E-state index in [1.807, 2.05) is 38.5 Å². The standard InChI is InChI=1S/C14H16N4O/c1-15-12(8-11-9-18(2)17-16-11)14-7-10-5-3-4-6-13(10)19-14/h3-7,9,12,15H,8H2,1-2H3. The van der Waals surface area contributed by atoms with E-state index in [0.29, 0.717) is 0 Å². The second kappa shape index (κ2) is 4.85. The largest absolute Gasteiger partial charge is 0.459 e. The van der Waals surface area contributed by atoms with Crippen molar-refractivity contribution in [2.24, 2.45) is 7.05 Å². The maximum Gasteiger partial charge on any atom is 0.134 e. The Morgan fingerprint density at radius 1 is 1.37 bits per heavy atom. The molecular formula is C14H16N4O. The summed E-state index contributed by atoms with van der Waals surface area (Å²) in [5, 5.41) is 12.5. The molecule has 0 amide bonds. The van der Waals surface area contributed by atoms with Crippen LogP contribution in [0.3, 0.4) is 0 Å². The normalized spacial score (nSPS) is 12.9. The Morgan fingerprint density at radius 3 is 2.89 bits per heavy atom. The average Bonchev–Trinajstić information content (AvgIpc) is 3.01. The highest BCUT2D eigenvalue weighted by Gasteiger charge is 2.16. The van der Waals surface area contributed by atoms with Gasteiger partial charge in [-0.05, 0) is 19.2 Å². The zero-order chi connectivity index (χ0) is 13.2. The summed E-state index contributed by atoms with van der Waals surface area (Å²) in [5.41, 5.74) is 1.86. The lowest BCUT2D eigenvalue weighted by molar-refractivity contribution is 0.448. The second-order valence-corrected chi connectivity index (χ2v) is 4.62. The summed E-state index contributed by atoms with van der Waals surface area (Å²) in [6.07, 6.45) is 2.68. The maximum absolute atomic E-state index is 5.88. The number of hydrogen-bond acceptors (Lipinski definition) is 4. The third-order valence-electron chi connectivity index (χ3n) is 3.20. The Labute approximate surface area is 111 Å². The van der Waals surface area contributed by atoms with Crippen LogP contribution in [-0.4, -0.2) is 22.0 Å². The van der Waals surface area contributed by atoms with Crippen LogP contribution in [0.5, 0.6) is 0 Å². The van der Waals surface area contributed by atoms with E-state index in [9.17, 15) is 0 Å². The summed E-state index contributed by atoms with van der Waals surface area (Å²) in [7, 11) is 3.79. The molecule has 0 aliphatic rings. The van der Waals surface area contributed by atoms with Crippen LogP contribution in [0, 0.1) is 0 Å². The highest BCUT2D eigenvalue weighted by atomic mass is 16.3. The van der Waals surface area contributed by atoms with E-state index < -0.39 is 0 Å². The number of nitrogens with one attached hydrogen (secondary N) is 1. The molecule has 1 N–H and O–H groups in total. The molecule has 98 valence electrons. The molecule has 0 radical (unpaired) electrons. The van der Waals surface area contributed by atoms with Crippen LogP contribution >= 0.6 is 0 Å². The molecule has 0 saturated carbocycles. The lowest BCUT2D eigenvalue weighted by atomic mass is 10.1. The number of para-hydroxylation sites is 1. The van der Waals surface area contributed by atoms with Crippen LogP contribution in [0.2, 0.25) is 0 Å². The van der Waals surface area contributed by atoms with Crippen molar-refractivity contribution in [2.45, 2.75) is 12.5 Å². The first-order valence-electron chi connectivity index (χ1n) is 6.27. The molecule has 2 heterocycles. The average molecular weight is 256 g/mol. The first-order chi connectivity index (χ1) is 9.26. The lowest BCUT2D eigenvalue weighted by Gasteiger charge is -2.11. The van der Waals surface area contributed by atoms with Crippen molar-refractivity contribution in [2.75, 3.05) is 7.05 Å². The summed E-state index contributed by atoms with van der Waals surface area (Å²) in [4.78, 5) is 0. The van der Waals surface area contributed by atoms with E-state index in [-0.39, 0.29) is 6.04 Å². The van der Waals surface area contributed by atoms with E-state index in [1.54, 1.807) is 4.68 Å². The summed E-state index contributed by atoms with van der Waals surface area (Å²) in [6.45, 7) is 0. The fourth-order valence-electron chi connectivity index (χ4n) is 2.22. The maximum atomic E-state index is 5.88. The summed E-state index contributed by atoms with van der Waals surface area (Å²) >= 11 is 0. The molecule has 0 fully saturated rings. The number of aryl methyl sites for hydroxylation is 1. The molecule has 0 bridgehead atoms. The molecule has 0 aliphatic carbocycles. The highest BCUT2D eigenvalue weighted by Crippen LogP contribution is 2.25. The Bertz CT molecular complexity index is 652. The van der Waals surface area contributed by atoms with Crippen molar-refractivity contribution in [1.29, 1.82) is 0 Å². The van der Waals surface area contributed by atoms with Crippen LogP contribution in [0.1, 0.15) is 17.5 Å². The first kappa shape index (κ1) is 11.9. The Kier molecular flexibility index (Phi) is 3.05. The van der Waals surface area contributed by atoms with Crippen molar-refractivity contribution in [1.82, 2.24) is 20.3 Å². The SMILES string of the molecule is CNC(Cc1cn(C)nn1)c1cc2ccccc2o1. The summed E-state index contributed by atoms with van der Waals surface area (Å²) < 4.78 is 7.59. The van der Waals surface area contributed by atoms with Gasteiger partial charge < -0.3 is 9.73 Å². The summed E-state index contributed by atoms with van der Waals surface area (Å²) in [5.74, 6) is 0.925. The minimum absolute atomic E-state index is 0.101. The van der Waals surface area contributed by atoms with Crippen LogP contribution in [0.25, 0.3) is 11.0 Å². The molecule has 0 aliphatic heterocycles. The van der Waals surface area contributed by atoms with Crippen molar-refractivity contribution >= 4 is 11.0 Å². The van der Waals surface area contributed by atoms with Gasteiger partial charge in [-0.15, -0.1) is 5.10 Å². The predicted molar refractivity (Wildman–Crippen MR) is 72.7 cm³/mol. The monoisotopic (exact) mass is 256 g/mol. The van der Waals surface area contributed by atoms with Crippen LogP contribution in [0.15, 0.2) is 40.9 Å². The van der Waals surface area contributed by atoms with Crippen molar-refractivity contribution < 1.29 is 4.42 Å². The Hall–Kier alpha value is -2.14. The number of rotatable bonds is 4. The van der Waals surface area contributed by atoms with Gasteiger partial charge in [-0.25, -0.2) is 0 Å². The minimum atomic E-state index is 0.101. The van der Waals surface area contributed by atoms with Gasteiger partial charge in [0.15, 0.2) is 0 Å². The zero-order valence-corrected chi connectivity index (χ0v) is 11.0. The quantitative estimate of drug-likeness (QED) is 0.776. The second-order valence-electron chi connectivity index (χ2n) is 4.62. The first-order valence-corrected chi connectivity index (χ1v) is 6.27. The minimum Gasteiger partial charge on any atom is -0.459 e. The topological polar surface area (TPSA) is 55.9 Å². The molecule has 3 aromatic rings. The number of fused-ring (bicyclic) bond motifs is 1. The molecule has 1 atom stereocenters. The van der Waals surface area contributed by atoms with Crippen LogP contribution in [0.4, 0.5) is 0 Å².